The summed E-state index contributed by atoms with van der Waals surface area (Å²) in [5, 5.41) is 2.51. The van der Waals surface area contributed by atoms with Crippen molar-refractivity contribution >= 4 is 34.4 Å². The number of rotatable bonds is 5. The Labute approximate surface area is 218 Å². The van der Waals surface area contributed by atoms with E-state index in [0.717, 1.165) is 19.3 Å². The van der Waals surface area contributed by atoms with E-state index in [1.165, 1.54) is 14.7 Å². The van der Waals surface area contributed by atoms with Gasteiger partial charge in [-0.05, 0) is 41.2 Å². The number of carbonyl (C=O) groups excluding carboxylic acids is 1. The second-order valence-corrected chi connectivity index (χ2v) is 20.3. The summed E-state index contributed by atoms with van der Waals surface area (Å²) in [5.74, 6) is 0.441. The lowest BCUT2D eigenvalue weighted by molar-refractivity contribution is -0.129. The monoisotopic (exact) mass is 523 g/mol. The van der Waals surface area contributed by atoms with Gasteiger partial charge in [-0.15, -0.1) is 0 Å². The Morgan fingerprint density at radius 3 is 2.03 bits per heavy atom. The van der Waals surface area contributed by atoms with Gasteiger partial charge in [0.1, 0.15) is 8.07 Å². The number of benzene rings is 2. The minimum Gasteiger partial charge on any atom is -0.274 e. The molecule has 2 aromatic carbocycles. The van der Waals surface area contributed by atoms with Crippen molar-refractivity contribution in [3.05, 3.63) is 60.7 Å². The lowest BCUT2D eigenvalue weighted by atomic mass is 9.69. The van der Waals surface area contributed by atoms with Gasteiger partial charge in [-0.25, -0.2) is 12.7 Å². The maximum Gasteiger partial charge on any atom is 0.238 e. The molecule has 1 amide bonds. The van der Waals surface area contributed by atoms with Gasteiger partial charge in [-0.3, -0.25) is 4.79 Å². The number of hydrogen-bond acceptors (Lipinski definition) is 3. The molecule has 4 atom stereocenters. The van der Waals surface area contributed by atoms with Crippen molar-refractivity contribution in [2.24, 2.45) is 16.7 Å². The van der Waals surface area contributed by atoms with Crippen LogP contribution in [0.4, 0.5) is 0 Å². The van der Waals surface area contributed by atoms with E-state index in [-0.39, 0.29) is 45.5 Å². The first-order valence-corrected chi connectivity index (χ1v) is 17.1. The Morgan fingerprint density at radius 2 is 1.56 bits per heavy atom. The van der Waals surface area contributed by atoms with Gasteiger partial charge in [0, 0.05) is 11.8 Å². The number of carbonyl (C=O) groups is 1. The van der Waals surface area contributed by atoms with E-state index in [9.17, 15) is 13.2 Å². The Balaban J connectivity index is 1.56. The van der Waals surface area contributed by atoms with E-state index in [0.29, 0.717) is 5.92 Å². The molecule has 1 saturated heterocycles. The van der Waals surface area contributed by atoms with Gasteiger partial charge in [0.15, 0.2) is 0 Å². The molecule has 0 unspecified atom stereocenters. The molecule has 3 aliphatic rings. The van der Waals surface area contributed by atoms with Gasteiger partial charge < -0.3 is 0 Å². The van der Waals surface area contributed by atoms with Crippen molar-refractivity contribution in [2.75, 3.05) is 5.75 Å². The molecule has 194 valence electrons. The van der Waals surface area contributed by atoms with E-state index in [4.69, 9.17) is 0 Å². The molecule has 4 nitrogen and oxygen atoms in total. The maximum absolute atomic E-state index is 14.1. The first-order chi connectivity index (χ1) is 16.8. The Hall–Kier alpha value is -1.92. The minimum atomic E-state index is -3.62. The minimum absolute atomic E-state index is 0.0214. The molecule has 3 fully saturated rings. The fourth-order valence-corrected chi connectivity index (χ4v) is 18.0. The van der Waals surface area contributed by atoms with Crippen molar-refractivity contribution < 1.29 is 13.2 Å². The van der Waals surface area contributed by atoms with Gasteiger partial charge in [-0.2, -0.15) is 0 Å². The summed E-state index contributed by atoms with van der Waals surface area (Å²) in [5.41, 5.74) is -0.302. The topological polar surface area (TPSA) is 54.5 Å². The van der Waals surface area contributed by atoms with Crippen LogP contribution in [0.15, 0.2) is 60.7 Å². The fourth-order valence-electron chi connectivity index (χ4n) is 8.87. The molecule has 2 bridgehead atoms. The third kappa shape index (κ3) is 3.36. The molecule has 6 heteroatoms. The molecule has 0 N–H and O–H groups in total. The highest BCUT2D eigenvalue weighted by Crippen LogP contribution is 2.70. The summed E-state index contributed by atoms with van der Waals surface area (Å²) in [7, 11) is -6.15. The summed E-state index contributed by atoms with van der Waals surface area (Å²) >= 11 is 0. The molecule has 1 spiro atoms. The van der Waals surface area contributed by atoms with Crippen molar-refractivity contribution in [1.82, 2.24) is 4.31 Å². The van der Waals surface area contributed by atoms with Crippen molar-refractivity contribution in [3.63, 3.8) is 0 Å². The average Bonchev–Trinajstić information content (AvgIpc) is 3.28. The fraction of sp³-hybridized carbons (Fsp3) is 0.567. The van der Waals surface area contributed by atoms with Crippen LogP contribution in [0.2, 0.25) is 10.6 Å². The highest BCUT2D eigenvalue weighted by Gasteiger charge is 2.72. The maximum atomic E-state index is 14.1. The molecule has 0 aromatic heterocycles. The molecule has 2 aromatic rings. The number of sulfonamides is 1. The summed E-state index contributed by atoms with van der Waals surface area (Å²) in [4.78, 5) is 14.1. The number of fused-ring (bicyclic) bond motifs is 1. The van der Waals surface area contributed by atoms with E-state index < -0.39 is 18.1 Å². The highest BCUT2D eigenvalue weighted by molar-refractivity contribution is 7.90. The second-order valence-electron chi connectivity index (χ2n) is 13.2. The van der Waals surface area contributed by atoms with Crippen LogP contribution >= 0.6 is 0 Å². The van der Waals surface area contributed by atoms with Gasteiger partial charge in [0.25, 0.3) is 0 Å². The lowest BCUT2D eigenvalue weighted by Crippen LogP contribution is -2.67. The van der Waals surface area contributed by atoms with E-state index in [2.05, 4.69) is 90.1 Å². The van der Waals surface area contributed by atoms with Crippen LogP contribution < -0.4 is 10.4 Å². The van der Waals surface area contributed by atoms with Crippen LogP contribution in [-0.4, -0.2) is 38.5 Å². The predicted molar refractivity (Wildman–Crippen MR) is 150 cm³/mol. The molecule has 5 rings (SSSR count). The molecule has 2 saturated carbocycles. The Morgan fingerprint density at radius 1 is 1.03 bits per heavy atom. The van der Waals surface area contributed by atoms with E-state index in [1.54, 1.807) is 0 Å². The van der Waals surface area contributed by atoms with Crippen molar-refractivity contribution in [2.45, 2.75) is 83.8 Å². The summed E-state index contributed by atoms with van der Waals surface area (Å²) in [6.45, 7) is 13.5. The van der Waals surface area contributed by atoms with Crippen molar-refractivity contribution in [1.29, 1.82) is 0 Å². The molecule has 2 aliphatic carbocycles. The Bertz CT molecular complexity index is 1210. The summed E-state index contributed by atoms with van der Waals surface area (Å²) < 4.78 is 28.5. The zero-order chi connectivity index (χ0) is 26.1. The molecule has 0 radical (unpaired) electrons. The number of nitrogens with zero attached hydrogens (tertiary/aromatic N) is 1. The van der Waals surface area contributed by atoms with Gasteiger partial charge >= 0.3 is 0 Å². The molecule has 1 aliphatic heterocycles. The standard InChI is InChI=1S/C30H41NO3SSi/c1-22(36(28(2,3)4,24-13-9-7-10-14-24)25-15-11-8-12-16-25)19-27(32)31-26-20-23-17-18-30(26,29(23,5)6)21-35(31,33)34/h7-16,22-23,26H,17-21H2,1-6H3/t22-,23+,26+,30+/m0/s1. The van der Waals surface area contributed by atoms with Crippen LogP contribution in [-0.2, 0) is 14.8 Å². The van der Waals surface area contributed by atoms with E-state index in [1.807, 2.05) is 12.1 Å². The van der Waals surface area contributed by atoms with Crippen molar-refractivity contribution in [3.8, 4) is 0 Å². The third-order valence-corrected chi connectivity index (χ3v) is 19.0. The van der Waals surface area contributed by atoms with Crippen LogP contribution in [0.1, 0.15) is 67.2 Å². The first-order valence-electron chi connectivity index (χ1n) is 13.4. The van der Waals surface area contributed by atoms with Gasteiger partial charge in [0.05, 0.1) is 11.8 Å². The lowest BCUT2D eigenvalue weighted by Gasteiger charge is -2.48. The molecule has 36 heavy (non-hydrogen) atoms. The van der Waals surface area contributed by atoms with Gasteiger partial charge in [-0.1, -0.05) is 113 Å². The van der Waals surface area contributed by atoms with Crippen LogP contribution in [0.25, 0.3) is 0 Å². The molecular formula is C30H41NO3SSi. The third-order valence-electron chi connectivity index (χ3n) is 10.5. The largest absolute Gasteiger partial charge is 0.274 e. The van der Waals surface area contributed by atoms with Gasteiger partial charge in [0.2, 0.25) is 15.9 Å². The summed E-state index contributed by atoms with van der Waals surface area (Å²) in [6.07, 6.45) is 3.08. The highest BCUT2D eigenvalue weighted by atomic mass is 32.2. The normalized spacial score (nSPS) is 29.2. The smallest absolute Gasteiger partial charge is 0.238 e. The molecule has 1 heterocycles. The summed E-state index contributed by atoms with van der Waals surface area (Å²) in [6, 6.07) is 21.1. The zero-order valence-corrected chi connectivity index (χ0v) is 24.4. The quantitative estimate of drug-likeness (QED) is 0.507. The SMILES string of the molecule is C[C@@H](CC(=O)N1[C@@H]2C[C@H]3CC[C@]2(CS1(=O)=O)C3(C)C)[Si](c1ccccc1)(c1ccccc1)C(C)(C)C. The van der Waals surface area contributed by atoms with Crippen LogP contribution in [0, 0.1) is 16.7 Å². The average molecular weight is 524 g/mol. The Kier molecular flexibility index (Phi) is 5.92. The number of hydrogen-bond donors (Lipinski definition) is 0. The second kappa shape index (κ2) is 8.29. The first kappa shape index (κ1) is 25.7. The predicted octanol–water partition coefficient (Wildman–Crippen LogP) is 5.20. The molecular weight excluding hydrogens is 482 g/mol. The van der Waals surface area contributed by atoms with E-state index >= 15 is 0 Å². The number of amides is 1. The van der Waals surface area contributed by atoms with Crippen LogP contribution in [0.3, 0.4) is 0 Å². The zero-order valence-electron chi connectivity index (χ0n) is 22.6. The van der Waals surface area contributed by atoms with Crippen LogP contribution in [0.5, 0.6) is 0 Å².